The van der Waals surface area contributed by atoms with Crippen molar-refractivity contribution in [1.29, 1.82) is 0 Å². The highest BCUT2D eigenvalue weighted by Crippen LogP contribution is 2.61. The lowest BCUT2D eigenvalue weighted by molar-refractivity contribution is -0.0626. The molecule has 0 unspecified atom stereocenters. The van der Waals surface area contributed by atoms with Crippen LogP contribution >= 0.6 is 0 Å². The van der Waals surface area contributed by atoms with Crippen LogP contribution in [0.1, 0.15) is 75.8 Å². The summed E-state index contributed by atoms with van der Waals surface area (Å²) in [6.45, 7) is 4.83. The van der Waals surface area contributed by atoms with Crippen LogP contribution in [0.3, 0.4) is 0 Å². The highest BCUT2D eigenvalue weighted by Gasteiger charge is 2.50. The number of nitrogens with zero attached hydrogens (tertiary/aromatic N) is 1. The van der Waals surface area contributed by atoms with Gasteiger partial charge in [0.2, 0.25) is 0 Å². The first-order valence-electron chi connectivity index (χ1n) is 11.7. The fourth-order valence-electron chi connectivity index (χ4n) is 7.80. The van der Waals surface area contributed by atoms with Gasteiger partial charge < -0.3 is 10.0 Å². The van der Waals surface area contributed by atoms with Crippen LogP contribution in [0.4, 0.5) is 0 Å². The summed E-state index contributed by atoms with van der Waals surface area (Å²) in [5, 5.41) is 10.4. The third kappa shape index (κ3) is 3.43. The molecule has 148 valence electrons. The van der Waals surface area contributed by atoms with Gasteiger partial charge in [-0.3, -0.25) is 0 Å². The molecule has 2 nitrogen and oxygen atoms in total. The van der Waals surface area contributed by atoms with Crippen molar-refractivity contribution in [2.45, 2.75) is 83.6 Å². The molecule has 1 aromatic carbocycles. The number of phenolic OH excluding ortho intramolecular Hbond substituents is 1. The highest BCUT2D eigenvalue weighted by atomic mass is 16.3. The quantitative estimate of drug-likeness (QED) is 0.711. The van der Waals surface area contributed by atoms with Crippen LogP contribution in [0.5, 0.6) is 5.75 Å². The van der Waals surface area contributed by atoms with Crippen molar-refractivity contribution in [2.24, 2.45) is 23.2 Å². The van der Waals surface area contributed by atoms with Gasteiger partial charge >= 0.3 is 0 Å². The molecule has 0 spiro atoms. The maximum atomic E-state index is 10.4. The second kappa shape index (κ2) is 7.10. The van der Waals surface area contributed by atoms with Crippen LogP contribution in [-0.4, -0.2) is 29.1 Å². The summed E-state index contributed by atoms with van der Waals surface area (Å²) in [4.78, 5) is 2.80. The van der Waals surface area contributed by atoms with E-state index < -0.39 is 0 Å². The lowest BCUT2D eigenvalue weighted by atomic mass is 9.49. The Kier molecular flexibility index (Phi) is 4.74. The first-order chi connectivity index (χ1) is 13.1. The Balaban J connectivity index is 1.27. The largest absolute Gasteiger partial charge is 0.508 e. The fourth-order valence-corrected chi connectivity index (χ4v) is 7.80. The Morgan fingerprint density at radius 2 is 1.74 bits per heavy atom. The van der Waals surface area contributed by atoms with Crippen molar-refractivity contribution in [3.8, 4) is 5.75 Å². The Morgan fingerprint density at radius 1 is 1.04 bits per heavy atom. The normalized spacial score (nSPS) is 37.0. The van der Waals surface area contributed by atoms with Gasteiger partial charge in [-0.2, -0.15) is 0 Å². The van der Waals surface area contributed by atoms with Crippen LogP contribution in [0.2, 0.25) is 0 Å². The number of aryl methyl sites for hydroxylation is 1. The Bertz CT molecular complexity index is 646. The van der Waals surface area contributed by atoms with E-state index in [9.17, 15) is 5.11 Å². The van der Waals surface area contributed by atoms with Crippen molar-refractivity contribution in [3.63, 3.8) is 0 Å². The van der Waals surface area contributed by atoms with E-state index in [0.717, 1.165) is 30.6 Å². The lowest BCUT2D eigenvalue weighted by Gasteiger charge is -2.57. The summed E-state index contributed by atoms with van der Waals surface area (Å²) in [6.07, 6.45) is 15.4. The first kappa shape index (κ1) is 18.0. The predicted octanol–water partition coefficient (Wildman–Crippen LogP) is 5.57. The van der Waals surface area contributed by atoms with Gasteiger partial charge in [-0.25, -0.2) is 0 Å². The molecule has 1 aromatic rings. The van der Waals surface area contributed by atoms with Crippen LogP contribution in [0, 0.1) is 23.2 Å². The Morgan fingerprint density at radius 3 is 2.41 bits per heavy atom. The molecule has 0 amide bonds. The molecule has 1 atom stereocenters. The molecule has 0 saturated heterocycles. The second-order valence-corrected chi connectivity index (χ2v) is 10.5. The molecule has 1 N–H and O–H groups in total. The Labute approximate surface area is 165 Å². The first-order valence-corrected chi connectivity index (χ1v) is 11.7. The molecule has 5 aliphatic carbocycles. The molecule has 4 bridgehead atoms. The number of benzene rings is 1. The van der Waals surface area contributed by atoms with Gasteiger partial charge in [0.1, 0.15) is 5.75 Å². The predicted molar refractivity (Wildman–Crippen MR) is 111 cm³/mol. The summed E-state index contributed by atoms with van der Waals surface area (Å²) in [5.74, 6) is 3.72. The number of aromatic hydroxyl groups is 1. The van der Waals surface area contributed by atoms with E-state index in [0.29, 0.717) is 17.2 Å². The fraction of sp³-hybridized carbons (Fsp3) is 0.760. The average molecular weight is 368 g/mol. The van der Waals surface area contributed by atoms with E-state index in [1.165, 1.54) is 62.7 Å². The molecule has 2 heteroatoms. The number of fused-ring (bicyclic) bond motifs is 1. The van der Waals surface area contributed by atoms with Crippen LogP contribution in [0.25, 0.3) is 0 Å². The number of hydrogen-bond donors (Lipinski definition) is 1. The minimum Gasteiger partial charge on any atom is -0.508 e. The van der Waals surface area contributed by atoms with Gasteiger partial charge in [0, 0.05) is 6.04 Å². The summed E-state index contributed by atoms with van der Waals surface area (Å²) in [5.41, 5.74) is 3.29. The SMILES string of the molecule is CCCN(CCC12CC3CC(CC(C3)C1)C2)[C@@H]1CCc2cccc(O)c2C1. The van der Waals surface area contributed by atoms with Crippen molar-refractivity contribution >= 4 is 0 Å². The minimum atomic E-state index is 0.523. The van der Waals surface area contributed by atoms with Gasteiger partial charge in [-0.15, -0.1) is 0 Å². The topological polar surface area (TPSA) is 23.5 Å². The number of hydrogen-bond acceptors (Lipinski definition) is 2. The zero-order chi connectivity index (χ0) is 18.4. The third-order valence-electron chi connectivity index (χ3n) is 8.56. The van der Waals surface area contributed by atoms with Crippen molar-refractivity contribution in [3.05, 3.63) is 29.3 Å². The van der Waals surface area contributed by atoms with Crippen LogP contribution in [0.15, 0.2) is 18.2 Å². The van der Waals surface area contributed by atoms with Crippen molar-refractivity contribution in [1.82, 2.24) is 4.90 Å². The van der Waals surface area contributed by atoms with E-state index >= 15 is 0 Å². The lowest BCUT2D eigenvalue weighted by Crippen LogP contribution is -2.48. The van der Waals surface area contributed by atoms with E-state index in [1.807, 2.05) is 12.1 Å². The van der Waals surface area contributed by atoms with Gasteiger partial charge in [-0.1, -0.05) is 19.1 Å². The van der Waals surface area contributed by atoms with Gasteiger partial charge in [-0.05, 0) is 124 Å². The molecular weight excluding hydrogens is 330 g/mol. The molecule has 5 aliphatic rings. The number of phenols is 1. The van der Waals surface area contributed by atoms with E-state index in [4.69, 9.17) is 0 Å². The second-order valence-electron chi connectivity index (χ2n) is 10.5. The maximum absolute atomic E-state index is 10.4. The van der Waals surface area contributed by atoms with Crippen molar-refractivity contribution in [2.75, 3.05) is 13.1 Å². The standard InChI is InChI=1S/C25H37NO/c1-2-9-26(22-7-6-21-4-3-5-24(27)23(21)14-22)10-8-25-15-18-11-19(16-25)13-20(12-18)17-25/h3-5,18-20,22,27H,2,6-17H2,1H3/t18?,19?,20?,22-,25?/m1/s1. The van der Waals surface area contributed by atoms with Crippen molar-refractivity contribution < 1.29 is 5.11 Å². The summed E-state index contributed by atoms with van der Waals surface area (Å²) in [7, 11) is 0. The summed E-state index contributed by atoms with van der Waals surface area (Å²) >= 11 is 0. The molecule has 6 rings (SSSR count). The van der Waals surface area contributed by atoms with Gasteiger partial charge in [0.15, 0.2) is 0 Å². The zero-order valence-corrected chi connectivity index (χ0v) is 17.1. The molecule has 27 heavy (non-hydrogen) atoms. The molecule has 0 aromatic heterocycles. The van der Waals surface area contributed by atoms with Gasteiger partial charge in [0.25, 0.3) is 0 Å². The van der Waals surface area contributed by atoms with E-state index in [-0.39, 0.29) is 0 Å². The summed E-state index contributed by atoms with van der Waals surface area (Å²) in [6, 6.07) is 6.72. The molecule has 0 radical (unpaired) electrons. The molecule has 4 saturated carbocycles. The zero-order valence-electron chi connectivity index (χ0n) is 17.1. The minimum absolute atomic E-state index is 0.523. The average Bonchev–Trinajstić information content (AvgIpc) is 2.64. The van der Waals surface area contributed by atoms with E-state index in [1.54, 1.807) is 19.3 Å². The number of rotatable bonds is 6. The molecular formula is C25H37NO. The molecule has 4 fully saturated rings. The van der Waals surface area contributed by atoms with Gasteiger partial charge in [0.05, 0.1) is 0 Å². The Hall–Kier alpha value is -1.02. The van der Waals surface area contributed by atoms with Crippen LogP contribution < -0.4 is 0 Å². The monoisotopic (exact) mass is 367 g/mol. The molecule has 0 aliphatic heterocycles. The third-order valence-corrected chi connectivity index (χ3v) is 8.56. The smallest absolute Gasteiger partial charge is 0.119 e. The maximum Gasteiger partial charge on any atom is 0.119 e. The molecule has 0 heterocycles. The highest BCUT2D eigenvalue weighted by molar-refractivity contribution is 5.41. The summed E-state index contributed by atoms with van der Waals surface area (Å²) < 4.78 is 0. The van der Waals surface area contributed by atoms with Crippen LogP contribution in [-0.2, 0) is 12.8 Å². The van der Waals surface area contributed by atoms with E-state index in [2.05, 4.69) is 17.9 Å².